The molecule has 0 aromatic rings. The van der Waals surface area contributed by atoms with E-state index in [0.717, 1.165) is 18.6 Å². The molecule has 2 rings (SSSR count). The lowest BCUT2D eigenvalue weighted by Crippen LogP contribution is -2.45. The Bertz CT molecular complexity index is 402. The molecule has 2 aliphatic heterocycles. The van der Waals surface area contributed by atoms with Crippen LogP contribution in [0.15, 0.2) is 0 Å². The monoisotopic (exact) mass is 291 g/mol. The van der Waals surface area contributed by atoms with Crippen LogP contribution in [0.5, 0.6) is 0 Å². The number of nitrogens with zero attached hydrogens (tertiary/aromatic N) is 1. The number of carbonyl (C=O) groups is 1. The van der Waals surface area contributed by atoms with Crippen molar-refractivity contribution in [3.63, 3.8) is 0 Å². The molecule has 2 saturated heterocycles. The molecule has 0 aromatic heterocycles. The topological polar surface area (TPSA) is 54.5 Å². The van der Waals surface area contributed by atoms with Crippen LogP contribution in [-0.4, -0.2) is 54.3 Å². The third-order valence-electron chi connectivity index (χ3n) is 3.73. The van der Waals surface area contributed by atoms with E-state index in [-0.39, 0.29) is 28.7 Å². The van der Waals surface area contributed by atoms with Crippen LogP contribution in [0.1, 0.15) is 32.6 Å². The zero-order valence-electron chi connectivity index (χ0n) is 10.8. The predicted octanol–water partition coefficient (Wildman–Crippen LogP) is 1.31. The minimum absolute atomic E-state index is 0.0574. The largest absolute Gasteiger partial charge is 0.338 e. The lowest BCUT2D eigenvalue weighted by molar-refractivity contribution is -0.132. The van der Waals surface area contributed by atoms with E-state index in [0.29, 0.717) is 13.0 Å². The fourth-order valence-electron chi connectivity index (χ4n) is 2.74. The molecule has 2 fully saturated rings. The first-order valence-corrected chi connectivity index (χ1v) is 9.53. The smallest absolute Gasteiger partial charge is 0.235 e. The summed E-state index contributed by atoms with van der Waals surface area (Å²) in [7, 11) is -2.92. The molecule has 0 saturated carbocycles. The van der Waals surface area contributed by atoms with Crippen LogP contribution in [0.4, 0.5) is 0 Å². The van der Waals surface area contributed by atoms with Crippen molar-refractivity contribution < 1.29 is 13.2 Å². The first-order valence-electron chi connectivity index (χ1n) is 6.66. The molecule has 104 valence electrons. The SMILES string of the molecule is CCN(C(=O)C1CCCCS1)C1CCS(=O)(=O)C1. The molecule has 2 aliphatic rings. The zero-order valence-corrected chi connectivity index (χ0v) is 12.4. The quantitative estimate of drug-likeness (QED) is 0.786. The third-order valence-corrected chi connectivity index (χ3v) is 6.84. The number of hydrogen-bond acceptors (Lipinski definition) is 4. The summed E-state index contributed by atoms with van der Waals surface area (Å²) < 4.78 is 23.0. The average molecular weight is 291 g/mol. The van der Waals surface area contributed by atoms with Crippen molar-refractivity contribution in [2.75, 3.05) is 23.8 Å². The van der Waals surface area contributed by atoms with E-state index in [9.17, 15) is 13.2 Å². The van der Waals surface area contributed by atoms with E-state index >= 15 is 0 Å². The molecule has 2 atom stereocenters. The van der Waals surface area contributed by atoms with E-state index in [1.54, 1.807) is 16.7 Å². The molecule has 0 radical (unpaired) electrons. The van der Waals surface area contributed by atoms with Crippen molar-refractivity contribution >= 4 is 27.5 Å². The molecule has 0 bridgehead atoms. The number of sulfone groups is 1. The van der Waals surface area contributed by atoms with Crippen molar-refractivity contribution in [3.05, 3.63) is 0 Å². The second-order valence-electron chi connectivity index (χ2n) is 5.04. The van der Waals surface area contributed by atoms with Gasteiger partial charge in [0.05, 0.1) is 16.8 Å². The molecule has 1 amide bonds. The Balaban J connectivity index is 2.01. The molecule has 18 heavy (non-hydrogen) atoms. The van der Waals surface area contributed by atoms with Crippen molar-refractivity contribution in [2.24, 2.45) is 0 Å². The Kier molecular flexibility index (Phi) is 4.59. The van der Waals surface area contributed by atoms with Gasteiger partial charge >= 0.3 is 0 Å². The van der Waals surface area contributed by atoms with Crippen LogP contribution in [0.3, 0.4) is 0 Å². The number of rotatable bonds is 3. The number of carbonyl (C=O) groups excluding carboxylic acids is 1. The first kappa shape index (κ1) is 14.2. The van der Waals surface area contributed by atoms with Gasteiger partial charge in [0, 0.05) is 12.6 Å². The molecule has 4 nitrogen and oxygen atoms in total. The van der Waals surface area contributed by atoms with Gasteiger partial charge in [0.2, 0.25) is 5.91 Å². The molecule has 2 unspecified atom stereocenters. The summed E-state index contributed by atoms with van der Waals surface area (Å²) in [6.07, 6.45) is 3.86. The van der Waals surface area contributed by atoms with Gasteiger partial charge in [-0.25, -0.2) is 8.42 Å². The maximum absolute atomic E-state index is 12.4. The maximum atomic E-state index is 12.4. The van der Waals surface area contributed by atoms with Gasteiger partial charge < -0.3 is 4.90 Å². The highest BCUT2D eigenvalue weighted by atomic mass is 32.2. The van der Waals surface area contributed by atoms with Crippen LogP contribution in [0.25, 0.3) is 0 Å². The van der Waals surface area contributed by atoms with Crippen LogP contribution in [-0.2, 0) is 14.6 Å². The molecule has 0 aromatic carbocycles. The lowest BCUT2D eigenvalue weighted by Gasteiger charge is -2.32. The Morgan fingerprint density at radius 3 is 2.61 bits per heavy atom. The normalized spacial score (nSPS) is 31.2. The fourth-order valence-corrected chi connectivity index (χ4v) is 5.73. The lowest BCUT2D eigenvalue weighted by atomic mass is 10.1. The van der Waals surface area contributed by atoms with Crippen molar-refractivity contribution in [1.29, 1.82) is 0 Å². The van der Waals surface area contributed by atoms with Gasteiger partial charge in [-0.15, -0.1) is 11.8 Å². The van der Waals surface area contributed by atoms with Crippen LogP contribution < -0.4 is 0 Å². The van der Waals surface area contributed by atoms with E-state index in [4.69, 9.17) is 0 Å². The zero-order chi connectivity index (χ0) is 13.2. The third kappa shape index (κ3) is 3.20. The Hall–Kier alpha value is -0.230. The second kappa shape index (κ2) is 5.82. The second-order valence-corrected chi connectivity index (χ2v) is 8.58. The Labute approximate surface area is 113 Å². The summed E-state index contributed by atoms with van der Waals surface area (Å²) in [6, 6.07) is -0.0879. The predicted molar refractivity (Wildman–Crippen MR) is 74.5 cm³/mol. The van der Waals surface area contributed by atoms with Crippen molar-refractivity contribution in [1.82, 2.24) is 4.90 Å². The van der Waals surface area contributed by atoms with Crippen LogP contribution in [0.2, 0.25) is 0 Å². The summed E-state index contributed by atoms with van der Waals surface area (Å²) in [5, 5.41) is 0.0574. The van der Waals surface area contributed by atoms with Gasteiger partial charge in [-0.2, -0.15) is 0 Å². The molecular formula is C12H21NO3S2. The van der Waals surface area contributed by atoms with Gasteiger partial charge in [0.25, 0.3) is 0 Å². The van der Waals surface area contributed by atoms with Crippen LogP contribution in [0, 0.1) is 0 Å². The number of thioether (sulfide) groups is 1. The highest BCUT2D eigenvalue weighted by Gasteiger charge is 2.36. The first-order chi connectivity index (χ1) is 8.53. The summed E-state index contributed by atoms with van der Waals surface area (Å²) in [6.45, 7) is 2.56. The molecular weight excluding hydrogens is 270 g/mol. The Morgan fingerprint density at radius 1 is 1.33 bits per heavy atom. The van der Waals surface area contributed by atoms with E-state index < -0.39 is 9.84 Å². The fraction of sp³-hybridized carbons (Fsp3) is 0.917. The summed E-state index contributed by atoms with van der Waals surface area (Å²) in [5.41, 5.74) is 0. The number of hydrogen-bond donors (Lipinski definition) is 0. The van der Waals surface area contributed by atoms with Gasteiger partial charge in [-0.05, 0) is 31.9 Å². The van der Waals surface area contributed by atoms with Gasteiger partial charge in [0.15, 0.2) is 9.84 Å². The molecule has 6 heteroatoms. The summed E-state index contributed by atoms with van der Waals surface area (Å²) in [5.74, 6) is 1.60. The summed E-state index contributed by atoms with van der Waals surface area (Å²) in [4.78, 5) is 14.2. The summed E-state index contributed by atoms with van der Waals surface area (Å²) >= 11 is 1.73. The van der Waals surface area contributed by atoms with E-state index in [1.165, 1.54) is 6.42 Å². The molecule has 0 spiro atoms. The molecule has 0 N–H and O–H groups in total. The highest BCUT2D eigenvalue weighted by molar-refractivity contribution is 8.00. The standard InChI is InChI=1S/C12H21NO3S2/c1-2-13(10-6-8-18(15,16)9-10)12(14)11-5-3-4-7-17-11/h10-11H,2-9H2,1H3. The Morgan fingerprint density at radius 2 is 2.11 bits per heavy atom. The highest BCUT2D eigenvalue weighted by Crippen LogP contribution is 2.28. The molecule has 2 heterocycles. The minimum Gasteiger partial charge on any atom is -0.338 e. The van der Waals surface area contributed by atoms with Gasteiger partial charge in [-0.1, -0.05) is 6.42 Å². The molecule has 0 aliphatic carbocycles. The average Bonchev–Trinajstić information content (AvgIpc) is 2.71. The minimum atomic E-state index is -2.92. The number of amides is 1. The van der Waals surface area contributed by atoms with E-state index in [1.807, 2.05) is 6.92 Å². The van der Waals surface area contributed by atoms with Gasteiger partial charge in [0.1, 0.15) is 0 Å². The van der Waals surface area contributed by atoms with Crippen molar-refractivity contribution in [2.45, 2.75) is 43.9 Å². The maximum Gasteiger partial charge on any atom is 0.235 e. The van der Waals surface area contributed by atoms with E-state index in [2.05, 4.69) is 0 Å². The van der Waals surface area contributed by atoms with Gasteiger partial charge in [-0.3, -0.25) is 4.79 Å². The van der Waals surface area contributed by atoms with Crippen LogP contribution >= 0.6 is 11.8 Å². The van der Waals surface area contributed by atoms with Crippen molar-refractivity contribution in [3.8, 4) is 0 Å².